The zero-order valence-corrected chi connectivity index (χ0v) is 41.7. The van der Waals surface area contributed by atoms with Crippen molar-refractivity contribution in [3.8, 4) is 0 Å². The van der Waals surface area contributed by atoms with Crippen LogP contribution in [0.25, 0.3) is 0 Å². The summed E-state index contributed by atoms with van der Waals surface area (Å²) >= 11 is 0. The Bertz CT molecular complexity index is 1260. The van der Waals surface area contributed by atoms with Crippen molar-refractivity contribution in [2.24, 2.45) is 0 Å². The van der Waals surface area contributed by atoms with E-state index in [1.165, 1.54) is 109 Å². The zero-order valence-electron chi connectivity index (χ0n) is 40.8. The highest BCUT2D eigenvalue weighted by atomic mass is 31.2. The van der Waals surface area contributed by atoms with Crippen molar-refractivity contribution in [3.05, 3.63) is 48.6 Å². The number of ether oxygens (including phenoxy) is 2. The molecule has 12 nitrogen and oxygen atoms in total. The largest absolute Gasteiger partial charge is 0.472 e. The predicted octanol–water partition coefficient (Wildman–Crippen LogP) is 11.6. The molecule has 1 saturated carbocycles. The van der Waals surface area contributed by atoms with E-state index >= 15 is 0 Å². The monoisotopic (exact) mass is 943 g/mol. The molecule has 0 aliphatic heterocycles. The van der Waals surface area contributed by atoms with Crippen molar-refractivity contribution in [1.82, 2.24) is 0 Å². The Morgan fingerprint density at radius 3 is 1.38 bits per heavy atom. The van der Waals surface area contributed by atoms with Crippen molar-refractivity contribution in [1.29, 1.82) is 0 Å². The molecule has 0 saturated heterocycles. The van der Waals surface area contributed by atoms with E-state index < -0.39 is 63.1 Å². The molecule has 0 spiro atoms. The van der Waals surface area contributed by atoms with Crippen LogP contribution in [0.2, 0.25) is 0 Å². The molecule has 6 atom stereocenters. The minimum absolute atomic E-state index is 0.0795. The van der Waals surface area contributed by atoms with E-state index in [-0.39, 0.29) is 13.0 Å². The fourth-order valence-electron chi connectivity index (χ4n) is 7.88. The number of phosphoric acid groups is 1. The molecule has 65 heavy (non-hydrogen) atoms. The molecule has 6 unspecified atom stereocenters. The Kier molecular flexibility index (Phi) is 40.0. The first-order chi connectivity index (χ1) is 31.5. The number of esters is 1. The summed E-state index contributed by atoms with van der Waals surface area (Å²) in [6.45, 7) is 4.16. The highest BCUT2D eigenvalue weighted by Gasteiger charge is 2.51. The van der Waals surface area contributed by atoms with Crippen LogP contribution in [0.5, 0.6) is 0 Å². The normalized spacial score (nSPS) is 21.9. The van der Waals surface area contributed by atoms with Gasteiger partial charge in [-0.2, -0.15) is 0 Å². The minimum Gasteiger partial charge on any atom is -0.457 e. The number of unbranched alkanes of at least 4 members (excludes halogenated alkanes) is 24. The highest BCUT2D eigenvalue weighted by Crippen LogP contribution is 2.47. The standard InChI is InChI=1S/C52H95O12P/c1-3-5-7-9-11-13-15-17-19-21-22-23-24-25-26-28-30-32-34-36-38-40-42-61-43-45(44-62-65(59,60)64-52-50(57)48(55)47(54)49(56)51(52)58)63-46(53)41-39-37-35-33-31-29-27-20-18-16-14-12-10-8-6-4-2/h5,7,11,13,17,19,22-23,45,47-52,54-58H,3-4,6,8-10,12,14-16,18,20-21,24-44H2,1-2H3,(H,59,60)/b7-5-,13-11-,19-17-,23-22-. The number of carbonyl (C=O) groups excluding carboxylic acids is 1. The summed E-state index contributed by atoms with van der Waals surface area (Å²) in [5.41, 5.74) is 0. The van der Waals surface area contributed by atoms with Crippen molar-refractivity contribution >= 4 is 13.8 Å². The van der Waals surface area contributed by atoms with Crippen LogP contribution in [0.15, 0.2) is 48.6 Å². The van der Waals surface area contributed by atoms with Gasteiger partial charge in [0.25, 0.3) is 0 Å². The van der Waals surface area contributed by atoms with Crippen molar-refractivity contribution < 1.29 is 58.3 Å². The van der Waals surface area contributed by atoms with Gasteiger partial charge in [-0.1, -0.05) is 204 Å². The van der Waals surface area contributed by atoms with Crippen molar-refractivity contribution in [2.45, 2.75) is 256 Å². The fourth-order valence-corrected chi connectivity index (χ4v) is 8.85. The maximum atomic E-state index is 12.9. The molecule has 0 amide bonds. The van der Waals surface area contributed by atoms with Crippen LogP contribution in [0.4, 0.5) is 0 Å². The molecule has 6 N–H and O–H groups in total. The molecular weight excluding hydrogens is 848 g/mol. The lowest BCUT2D eigenvalue weighted by Gasteiger charge is -2.41. The smallest absolute Gasteiger partial charge is 0.457 e. The van der Waals surface area contributed by atoms with E-state index in [0.29, 0.717) is 13.0 Å². The summed E-state index contributed by atoms with van der Waals surface area (Å²) < 4.78 is 34.3. The highest BCUT2D eigenvalue weighted by molar-refractivity contribution is 7.47. The second-order valence-electron chi connectivity index (χ2n) is 18.0. The van der Waals surface area contributed by atoms with Gasteiger partial charge in [0, 0.05) is 13.0 Å². The summed E-state index contributed by atoms with van der Waals surface area (Å²) in [5, 5.41) is 50.3. The maximum absolute atomic E-state index is 12.9. The van der Waals surface area contributed by atoms with Crippen LogP contribution in [-0.2, 0) is 27.9 Å². The third-order valence-corrected chi connectivity index (χ3v) is 13.0. The second kappa shape index (κ2) is 42.4. The first-order valence-corrected chi connectivity index (χ1v) is 27.5. The molecule has 380 valence electrons. The lowest BCUT2D eigenvalue weighted by atomic mass is 9.85. The Morgan fingerprint density at radius 1 is 0.508 bits per heavy atom. The van der Waals surface area contributed by atoms with E-state index in [4.69, 9.17) is 18.5 Å². The first-order valence-electron chi connectivity index (χ1n) is 26.0. The van der Waals surface area contributed by atoms with Gasteiger partial charge < -0.3 is 39.9 Å². The third-order valence-electron chi connectivity index (χ3n) is 12.0. The number of allylic oxidation sites excluding steroid dienone is 8. The molecule has 13 heteroatoms. The molecule has 0 heterocycles. The molecule has 1 rings (SSSR count). The summed E-state index contributed by atoms with van der Waals surface area (Å²) in [6.07, 6.45) is 40.3. The van der Waals surface area contributed by atoms with Crippen LogP contribution in [-0.4, -0.2) is 98.9 Å². The maximum Gasteiger partial charge on any atom is 0.472 e. The van der Waals surface area contributed by atoms with Gasteiger partial charge in [0.2, 0.25) is 0 Å². The summed E-state index contributed by atoms with van der Waals surface area (Å²) in [4.78, 5) is 23.2. The van der Waals surface area contributed by atoms with Crippen molar-refractivity contribution in [2.75, 3.05) is 19.8 Å². The molecule has 1 fully saturated rings. The number of hydrogen-bond donors (Lipinski definition) is 6. The van der Waals surface area contributed by atoms with Gasteiger partial charge >= 0.3 is 13.8 Å². The number of aliphatic hydroxyl groups excluding tert-OH is 5. The molecule has 0 aromatic rings. The van der Waals surface area contributed by atoms with Gasteiger partial charge in [-0.05, 0) is 51.4 Å². The quantitative estimate of drug-likeness (QED) is 0.0147. The third kappa shape index (κ3) is 34.3. The fraction of sp³-hybridized carbons (Fsp3) is 0.827. The van der Waals surface area contributed by atoms with Gasteiger partial charge in [0.15, 0.2) is 0 Å². The Balaban J connectivity index is 2.33. The predicted molar refractivity (Wildman–Crippen MR) is 262 cm³/mol. The molecule has 1 aliphatic carbocycles. The average molecular weight is 943 g/mol. The molecule has 1 aliphatic rings. The van der Waals surface area contributed by atoms with E-state index in [9.17, 15) is 39.8 Å². The molecule has 0 aromatic carbocycles. The Morgan fingerprint density at radius 2 is 0.908 bits per heavy atom. The van der Waals surface area contributed by atoms with Crippen LogP contribution >= 0.6 is 7.82 Å². The topological polar surface area (TPSA) is 192 Å². The van der Waals surface area contributed by atoms with Gasteiger partial charge in [-0.15, -0.1) is 0 Å². The van der Waals surface area contributed by atoms with Crippen molar-refractivity contribution in [3.63, 3.8) is 0 Å². The van der Waals surface area contributed by atoms with Gasteiger partial charge in [0.1, 0.15) is 42.7 Å². The molecular formula is C52H95O12P. The number of carbonyl (C=O) groups is 1. The van der Waals surface area contributed by atoms with Crippen LogP contribution in [0.1, 0.15) is 213 Å². The van der Waals surface area contributed by atoms with E-state index in [1.807, 2.05) is 0 Å². The molecule has 0 radical (unpaired) electrons. The Labute approximate surface area is 395 Å². The number of rotatable bonds is 44. The molecule has 0 aromatic heterocycles. The van der Waals surface area contributed by atoms with Crippen LogP contribution in [0, 0.1) is 0 Å². The SMILES string of the molecule is CC/C=C\C/C=C\C/C=C\C/C=C\CCCCCCCCCCCOCC(COP(=O)(O)OC1C(O)C(O)C(O)C(O)C1O)OC(=O)CCCCCCCCCCCCCCCCCC. The molecule has 0 bridgehead atoms. The summed E-state index contributed by atoms with van der Waals surface area (Å²) in [5.74, 6) is -0.477. The summed E-state index contributed by atoms with van der Waals surface area (Å²) in [6, 6.07) is 0. The second-order valence-corrected chi connectivity index (χ2v) is 19.4. The van der Waals surface area contributed by atoms with E-state index in [2.05, 4.69) is 62.5 Å². The lowest BCUT2D eigenvalue weighted by Crippen LogP contribution is -2.64. The number of aliphatic hydroxyl groups is 5. The zero-order chi connectivity index (χ0) is 47.6. The van der Waals surface area contributed by atoms with Gasteiger partial charge in [-0.25, -0.2) is 4.57 Å². The lowest BCUT2D eigenvalue weighted by molar-refractivity contribution is -0.220. The van der Waals surface area contributed by atoms with Crippen LogP contribution in [0.3, 0.4) is 0 Å². The average Bonchev–Trinajstić information content (AvgIpc) is 3.29. The van der Waals surface area contributed by atoms with E-state index in [1.54, 1.807) is 0 Å². The summed E-state index contributed by atoms with van der Waals surface area (Å²) in [7, 11) is -5.02. The van der Waals surface area contributed by atoms with Gasteiger partial charge in [0.05, 0.1) is 13.2 Å². The van der Waals surface area contributed by atoms with Gasteiger partial charge in [-0.3, -0.25) is 13.8 Å². The first kappa shape index (κ1) is 61.3. The van der Waals surface area contributed by atoms with Crippen LogP contribution < -0.4 is 0 Å². The number of hydrogen-bond acceptors (Lipinski definition) is 11. The van der Waals surface area contributed by atoms with E-state index in [0.717, 1.165) is 77.0 Å². The number of phosphoric ester groups is 1. The Hall–Kier alpha value is -1.70. The minimum atomic E-state index is -5.02.